The van der Waals surface area contributed by atoms with E-state index in [-0.39, 0.29) is 17.4 Å². The van der Waals surface area contributed by atoms with Gasteiger partial charge >= 0.3 is 0 Å². The fraction of sp³-hybridized carbons (Fsp3) is 0.500. The van der Waals surface area contributed by atoms with Crippen molar-refractivity contribution in [2.45, 2.75) is 43.6 Å². The Balaban J connectivity index is 1.60. The van der Waals surface area contributed by atoms with Crippen molar-refractivity contribution in [1.82, 2.24) is 15.3 Å². The molecule has 1 aliphatic carbocycles. The molecule has 6 nitrogen and oxygen atoms in total. The molecule has 2 fully saturated rings. The predicted octanol–water partition coefficient (Wildman–Crippen LogP) is 2.60. The van der Waals surface area contributed by atoms with Gasteiger partial charge in [0, 0.05) is 37.0 Å². The molecule has 0 unspecified atom stereocenters. The van der Waals surface area contributed by atoms with Crippen LogP contribution in [0.5, 0.6) is 5.75 Å². The number of rotatable bonds is 5. The number of benzene rings is 1. The maximum atomic E-state index is 12.2. The van der Waals surface area contributed by atoms with Crippen molar-refractivity contribution >= 4 is 5.95 Å². The zero-order chi connectivity index (χ0) is 17.9. The van der Waals surface area contributed by atoms with Crippen LogP contribution in [0.15, 0.2) is 35.1 Å². The van der Waals surface area contributed by atoms with E-state index in [1.807, 2.05) is 12.1 Å². The number of methoxy groups -OCH3 is 1. The lowest BCUT2D eigenvalue weighted by atomic mass is 9.86. The van der Waals surface area contributed by atoms with Gasteiger partial charge in [-0.05, 0) is 30.5 Å². The van der Waals surface area contributed by atoms with Gasteiger partial charge in [-0.25, -0.2) is 4.98 Å². The molecular formula is C20H26N4O2. The molecule has 2 atom stereocenters. The molecule has 138 valence electrons. The van der Waals surface area contributed by atoms with Crippen LogP contribution in [0.4, 0.5) is 5.95 Å². The first kappa shape index (κ1) is 17.1. The smallest absolute Gasteiger partial charge is 0.252 e. The molecule has 1 aromatic carbocycles. The van der Waals surface area contributed by atoms with Gasteiger partial charge in [0.05, 0.1) is 12.8 Å². The number of H-pyrrole nitrogens is 1. The quantitative estimate of drug-likeness (QED) is 0.769. The van der Waals surface area contributed by atoms with E-state index in [0.717, 1.165) is 37.4 Å². The van der Waals surface area contributed by atoms with E-state index in [1.165, 1.54) is 18.4 Å². The van der Waals surface area contributed by atoms with Crippen LogP contribution in [-0.4, -0.2) is 36.2 Å². The molecule has 0 spiro atoms. The fourth-order valence-corrected chi connectivity index (χ4v) is 4.21. The molecule has 2 aliphatic rings. The van der Waals surface area contributed by atoms with Crippen LogP contribution in [0.25, 0.3) is 0 Å². The second-order valence-electron chi connectivity index (χ2n) is 7.29. The van der Waals surface area contributed by atoms with E-state index < -0.39 is 0 Å². The Morgan fingerprint density at radius 1 is 1.15 bits per heavy atom. The Morgan fingerprint density at radius 2 is 1.96 bits per heavy atom. The van der Waals surface area contributed by atoms with Crippen LogP contribution in [0.2, 0.25) is 0 Å². The van der Waals surface area contributed by atoms with Gasteiger partial charge in [-0.2, -0.15) is 0 Å². The van der Waals surface area contributed by atoms with E-state index >= 15 is 0 Å². The summed E-state index contributed by atoms with van der Waals surface area (Å²) in [5, 5.41) is 6.87. The van der Waals surface area contributed by atoms with Crippen molar-refractivity contribution in [3.05, 3.63) is 51.9 Å². The molecule has 26 heavy (non-hydrogen) atoms. The highest BCUT2D eigenvalue weighted by Crippen LogP contribution is 2.36. The number of aromatic nitrogens is 2. The minimum absolute atomic E-state index is 0.0909. The Kier molecular flexibility index (Phi) is 4.93. The van der Waals surface area contributed by atoms with Crippen molar-refractivity contribution in [2.75, 3.05) is 25.5 Å². The summed E-state index contributed by atoms with van der Waals surface area (Å²) in [6.45, 7) is 1.69. The van der Waals surface area contributed by atoms with Crippen molar-refractivity contribution in [3.63, 3.8) is 0 Å². The molecule has 2 aromatic rings. The number of anilines is 1. The van der Waals surface area contributed by atoms with Crippen molar-refractivity contribution < 1.29 is 4.74 Å². The second kappa shape index (κ2) is 7.50. The largest absolute Gasteiger partial charge is 0.497 e. The second-order valence-corrected chi connectivity index (χ2v) is 7.29. The summed E-state index contributed by atoms with van der Waals surface area (Å²) in [4.78, 5) is 19.8. The van der Waals surface area contributed by atoms with E-state index in [2.05, 4.69) is 27.8 Å². The number of ether oxygens (including phenoxy) is 1. The van der Waals surface area contributed by atoms with E-state index in [9.17, 15) is 4.79 Å². The van der Waals surface area contributed by atoms with Gasteiger partial charge in [-0.3, -0.25) is 9.78 Å². The van der Waals surface area contributed by atoms with Crippen LogP contribution >= 0.6 is 0 Å². The average molecular weight is 354 g/mol. The van der Waals surface area contributed by atoms with Gasteiger partial charge in [-0.1, -0.05) is 25.0 Å². The standard InChI is InChI=1S/C20H26N4O2/c1-26-15-8-4-5-13(9-15)16-11-21-12-17(16)18-10-19(25)24-20(23-18)22-14-6-2-3-7-14/h4-5,8-10,14,16-17,21H,2-3,6-7,11-12H2,1H3,(H2,22,23,24,25)/t16-,17+/m0/s1. The van der Waals surface area contributed by atoms with Crippen LogP contribution in [0.1, 0.15) is 48.8 Å². The summed E-state index contributed by atoms with van der Waals surface area (Å²) in [5.74, 6) is 1.92. The predicted molar refractivity (Wildman–Crippen MR) is 102 cm³/mol. The van der Waals surface area contributed by atoms with E-state index in [4.69, 9.17) is 9.72 Å². The maximum absolute atomic E-state index is 12.2. The van der Waals surface area contributed by atoms with Gasteiger partial charge < -0.3 is 15.4 Å². The highest BCUT2D eigenvalue weighted by molar-refractivity contribution is 5.36. The number of aromatic amines is 1. The summed E-state index contributed by atoms with van der Waals surface area (Å²) >= 11 is 0. The first-order chi connectivity index (χ1) is 12.7. The number of nitrogens with one attached hydrogen (secondary N) is 3. The lowest BCUT2D eigenvalue weighted by Crippen LogP contribution is -2.22. The lowest BCUT2D eigenvalue weighted by Gasteiger charge is -2.20. The summed E-state index contributed by atoms with van der Waals surface area (Å²) in [7, 11) is 1.68. The molecule has 2 heterocycles. The number of hydrogen-bond acceptors (Lipinski definition) is 5. The molecule has 6 heteroatoms. The zero-order valence-electron chi connectivity index (χ0n) is 15.1. The molecule has 1 aliphatic heterocycles. The molecule has 3 N–H and O–H groups in total. The third-order valence-electron chi connectivity index (χ3n) is 5.57. The minimum Gasteiger partial charge on any atom is -0.497 e. The fourth-order valence-electron chi connectivity index (χ4n) is 4.21. The summed E-state index contributed by atoms with van der Waals surface area (Å²) in [6, 6.07) is 10.2. The van der Waals surface area contributed by atoms with E-state index in [1.54, 1.807) is 13.2 Å². The van der Waals surface area contributed by atoms with Crippen LogP contribution < -0.4 is 20.9 Å². The van der Waals surface area contributed by atoms with Gasteiger partial charge in [0.2, 0.25) is 5.95 Å². The Morgan fingerprint density at radius 3 is 2.77 bits per heavy atom. The van der Waals surface area contributed by atoms with E-state index in [0.29, 0.717) is 12.0 Å². The summed E-state index contributed by atoms with van der Waals surface area (Å²) < 4.78 is 5.37. The minimum atomic E-state index is -0.0909. The van der Waals surface area contributed by atoms with Gasteiger partial charge in [-0.15, -0.1) is 0 Å². The van der Waals surface area contributed by atoms with Crippen LogP contribution in [0.3, 0.4) is 0 Å². The molecule has 0 amide bonds. The SMILES string of the molecule is COc1cccc([C@@H]2CNC[C@H]2c2cc(=O)[nH]c(NC3CCCC3)n2)c1. The van der Waals surface area contributed by atoms with Gasteiger partial charge in [0.25, 0.3) is 5.56 Å². The third kappa shape index (κ3) is 3.60. The Labute approximate surface area is 153 Å². The van der Waals surface area contributed by atoms with Gasteiger partial charge in [0.15, 0.2) is 0 Å². The Bertz CT molecular complexity index is 813. The number of hydrogen-bond donors (Lipinski definition) is 3. The molecular weight excluding hydrogens is 328 g/mol. The van der Waals surface area contributed by atoms with Crippen molar-refractivity contribution in [2.24, 2.45) is 0 Å². The molecule has 1 saturated carbocycles. The highest BCUT2D eigenvalue weighted by Gasteiger charge is 2.31. The van der Waals surface area contributed by atoms with Crippen molar-refractivity contribution in [1.29, 1.82) is 0 Å². The number of nitrogens with zero attached hydrogens (tertiary/aromatic N) is 1. The lowest BCUT2D eigenvalue weighted by molar-refractivity contribution is 0.413. The molecule has 0 radical (unpaired) electrons. The summed E-state index contributed by atoms with van der Waals surface area (Å²) in [5.41, 5.74) is 1.98. The molecule has 4 rings (SSSR count). The van der Waals surface area contributed by atoms with Crippen LogP contribution in [0, 0.1) is 0 Å². The maximum Gasteiger partial charge on any atom is 0.252 e. The molecule has 0 bridgehead atoms. The first-order valence-corrected chi connectivity index (χ1v) is 9.45. The topological polar surface area (TPSA) is 79.0 Å². The normalized spacial score (nSPS) is 23.3. The van der Waals surface area contributed by atoms with Crippen LogP contribution in [-0.2, 0) is 0 Å². The molecule has 1 saturated heterocycles. The average Bonchev–Trinajstić information content (AvgIpc) is 3.33. The van der Waals surface area contributed by atoms with Crippen molar-refractivity contribution in [3.8, 4) is 5.75 Å². The molecule has 1 aromatic heterocycles. The van der Waals surface area contributed by atoms with Gasteiger partial charge in [0.1, 0.15) is 5.75 Å². The zero-order valence-corrected chi connectivity index (χ0v) is 15.1. The first-order valence-electron chi connectivity index (χ1n) is 9.45. The Hall–Kier alpha value is -2.34. The monoisotopic (exact) mass is 354 g/mol. The summed E-state index contributed by atoms with van der Waals surface area (Å²) in [6.07, 6.45) is 4.77. The highest BCUT2D eigenvalue weighted by atomic mass is 16.5. The third-order valence-corrected chi connectivity index (χ3v) is 5.57.